The molecule has 1 aliphatic rings. The van der Waals surface area contributed by atoms with Gasteiger partial charge in [-0.2, -0.15) is 0 Å². The second-order valence-electron chi connectivity index (χ2n) is 4.49. The number of amides is 2. The molecule has 0 aromatic heterocycles. The number of benzene rings is 2. The van der Waals surface area contributed by atoms with Crippen molar-refractivity contribution in [1.29, 1.82) is 0 Å². The van der Waals surface area contributed by atoms with Crippen LogP contribution in [0.1, 0.15) is 20.7 Å². The number of phenols is 1. The molecule has 0 saturated heterocycles. The van der Waals surface area contributed by atoms with Crippen LogP contribution in [-0.2, 0) is 0 Å². The SMILES string of the molecule is COc1ccc(N2C(=O)c3cc(O)cc(Br)c3C2=O)cc1. The van der Waals surface area contributed by atoms with Gasteiger partial charge in [0.05, 0.1) is 23.9 Å². The maximum atomic E-state index is 12.5. The third kappa shape index (κ3) is 2.08. The van der Waals surface area contributed by atoms with Crippen LogP contribution in [0.3, 0.4) is 0 Å². The van der Waals surface area contributed by atoms with Crippen molar-refractivity contribution in [1.82, 2.24) is 0 Å². The van der Waals surface area contributed by atoms with Crippen molar-refractivity contribution >= 4 is 33.4 Å². The Labute approximate surface area is 128 Å². The number of phenolic OH excluding ortho intramolecular Hbond substituents is 1. The van der Waals surface area contributed by atoms with E-state index in [9.17, 15) is 14.7 Å². The zero-order valence-electron chi connectivity index (χ0n) is 11.0. The Kier molecular flexibility index (Phi) is 3.17. The lowest BCUT2D eigenvalue weighted by Gasteiger charge is -2.14. The highest BCUT2D eigenvalue weighted by Crippen LogP contribution is 2.35. The Morgan fingerprint density at radius 2 is 1.76 bits per heavy atom. The minimum absolute atomic E-state index is 0.0710. The first-order valence-electron chi connectivity index (χ1n) is 6.08. The van der Waals surface area contributed by atoms with E-state index >= 15 is 0 Å². The number of hydrogen-bond donors (Lipinski definition) is 1. The van der Waals surface area contributed by atoms with E-state index < -0.39 is 11.8 Å². The van der Waals surface area contributed by atoms with Crippen molar-refractivity contribution in [2.75, 3.05) is 12.0 Å². The molecule has 0 bridgehead atoms. The Balaban J connectivity index is 2.08. The van der Waals surface area contributed by atoms with Gasteiger partial charge in [-0.3, -0.25) is 9.59 Å². The van der Waals surface area contributed by atoms with Crippen LogP contribution in [0.5, 0.6) is 11.5 Å². The number of carbonyl (C=O) groups excluding carboxylic acids is 2. The fraction of sp³-hybridized carbons (Fsp3) is 0.0667. The molecule has 0 atom stereocenters. The lowest BCUT2D eigenvalue weighted by Crippen LogP contribution is -2.29. The highest BCUT2D eigenvalue weighted by atomic mass is 79.9. The molecule has 0 spiro atoms. The van der Waals surface area contributed by atoms with E-state index in [1.165, 1.54) is 19.2 Å². The second-order valence-corrected chi connectivity index (χ2v) is 5.35. The van der Waals surface area contributed by atoms with Crippen molar-refractivity contribution in [3.63, 3.8) is 0 Å². The fourth-order valence-corrected chi connectivity index (χ4v) is 2.89. The number of halogens is 1. The summed E-state index contributed by atoms with van der Waals surface area (Å²) in [6, 6.07) is 9.30. The molecule has 106 valence electrons. The van der Waals surface area contributed by atoms with Gasteiger partial charge in [-0.1, -0.05) is 0 Å². The third-order valence-corrected chi connectivity index (χ3v) is 3.88. The van der Waals surface area contributed by atoms with Crippen LogP contribution < -0.4 is 9.64 Å². The molecule has 21 heavy (non-hydrogen) atoms. The molecule has 2 aromatic rings. The Bertz CT molecular complexity index is 755. The maximum Gasteiger partial charge on any atom is 0.267 e. The molecular weight excluding hydrogens is 338 g/mol. The van der Waals surface area contributed by atoms with E-state index in [1.807, 2.05) is 0 Å². The summed E-state index contributed by atoms with van der Waals surface area (Å²) in [4.78, 5) is 25.9. The highest BCUT2D eigenvalue weighted by Gasteiger charge is 2.38. The monoisotopic (exact) mass is 347 g/mol. The van der Waals surface area contributed by atoms with E-state index in [0.717, 1.165) is 4.90 Å². The van der Waals surface area contributed by atoms with Gasteiger partial charge < -0.3 is 9.84 Å². The van der Waals surface area contributed by atoms with Gasteiger partial charge in [-0.15, -0.1) is 0 Å². The van der Waals surface area contributed by atoms with Gasteiger partial charge in [0.2, 0.25) is 0 Å². The van der Waals surface area contributed by atoms with Gasteiger partial charge in [0, 0.05) is 4.47 Å². The largest absolute Gasteiger partial charge is 0.508 e. The van der Waals surface area contributed by atoms with Crippen molar-refractivity contribution in [2.45, 2.75) is 0 Å². The molecule has 2 amide bonds. The topological polar surface area (TPSA) is 66.8 Å². The fourth-order valence-electron chi connectivity index (χ4n) is 2.27. The normalized spacial score (nSPS) is 13.5. The molecule has 5 nitrogen and oxygen atoms in total. The predicted octanol–water partition coefficient (Wildman–Crippen LogP) is 2.96. The number of imide groups is 1. The van der Waals surface area contributed by atoms with E-state index in [2.05, 4.69) is 15.9 Å². The molecule has 0 saturated carbocycles. The first kappa shape index (κ1) is 13.6. The Hall–Kier alpha value is -2.34. The van der Waals surface area contributed by atoms with Gasteiger partial charge >= 0.3 is 0 Å². The van der Waals surface area contributed by atoms with Gasteiger partial charge in [0.25, 0.3) is 11.8 Å². The summed E-state index contributed by atoms with van der Waals surface area (Å²) in [6.45, 7) is 0. The predicted molar refractivity (Wildman–Crippen MR) is 79.9 cm³/mol. The van der Waals surface area contributed by atoms with Crippen molar-refractivity contribution in [3.05, 3.63) is 52.0 Å². The molecule has 6 heteroatoms. The second kappa shape index (κ2) is 4.89. The molecule has 1 aliphatic heterocycles. The third-order valence-electron chi connectivity index (χ3n) is 3.26. The van der Waals surface area contributed by atoms with Crippen LogP contribution in [0, 0.1) is 0 Å². The number of nitrogens with zero attached hydrogens (tertiary/aromatic N) is 1. The minimum atomic E-state index is -0.461. The summed E-state index contributed by atoms with van der Waals surface area (Å²) in [7, 11) is 1.54. The number of methoxy groups -OCH3 is 1. The van der Waals surface area contributed by atoms with Crippen LogP contribution in [0.2, 0.25) is 0 Å². The number of aromatic hydroxyl groups is 1. The van der Waals surface area contributed by atoms with Crippen LogP contribution in [-0.4, -0.2) is 24.0 Å². The van der Waals surface area contributed by atoms with Crippen molar-refractivity contribution in [2.24, 2.45) is 0 Å². The lowest BCUT2D eigenvalue weighted by atomic mass is 10.1. The smallest absolute Gasteiger partial charge is 0.267 e. The zero-order chi connectivity index (χ0) is 15.1. The summed E-state index contributed by atoms with van der Waals surface area (Å²) in [5.74, 6) is -0.323. The number of hydrogen-bond acceptors (Lipinski definition) is 4. The first-order chi connectivity index (χ1) is 10.0. The van der Waals surface area contributed by atoms with Crippen molar-refractivity contribution < 1.29 is 19.4 Å². The summed E-state index contributed by atoms with van der Waals surface area (Å²) in [5, 5.41) is 9.58. The van der Waals surface area contributed by atoms with E-state index in [4.69, 9.17) is 4.74 Å². The van der Waals surface area contributed by atoms with E-state index in [0.29, 0.717) is 15.9 Å². The number of fused-ring (bicyclic) bond motifs is 1. The number of ether oxygens (including phenoxy) is 1. The van der Waals surface area contributed by atoms with Crippen LogP contribution in [0.15, 0.2) is 40.9 Å². The zero-order valence-corrected chi connectivity index (χ0v) is 12.5. The average molecular weight is 348 g/mol. The van der Waals surface area contributed by atoms with Crippen LogP contribution in [0.4, 0.5) is 5.69 Å². The van der Waals surface area contributed by atoms with Gasteiger partial charge in [0.15, 0.2) is 0 Å². The molecule has 1 N–H and O–H groups in total. The Morgan fingerprint density at radius 1 is 1.10 bits per heavy atom. The molecule has 0 aliphatic carbocycles. The molecule has 0 radical (unpaired) electrons. The molecular formula is C15H10BrNO4. The van der Waals surface area contributed by atoms with Gasteiger partial charge in [-0.25, -0.2) is 4.90 Å². The lowest BCUT2D eigenvalue weighted by molar-refractivity contribution is 0.0926. The molecule has 0 unspecified atom stereocenters. The maximum absolute atomic E-state index is 12.5. The van der Waals surface area contributed by atoms with Crippen LogP contribution >= 0.6 is 15.9 Å². The standard InChI is InChI=1S/C15H10BrNO4/c1-21-10-4-2-8(3-5-10)17-14(19)11-6-9(18)7-12(16)13(11)15(17)20/h2-7,18H,1H3. The molecule has 2 aromatic carbocycles. The van der Waals surface area contributed by atoms with Gasteiger partial charge in [0.1, 0.15) is 11.5 Å². The number of anilines is 1. The quantitative estimate of drug-likeness (QED) is 0.848. The summed E-state index contributed by atoms with van der Waals surface area (Å²) < 4.78 is 5.45. The summed E-state index contributed by atoms with van der Waals surface area (Å²) in [6.07, 6.45) is 0. The summed E-state index contributed by atoms with van der Waals surface area (Å²) in [5.41, 5.74) is 0.893. The Morgan fingerprint density at radius 3 is 2.38 bits per heavy atom. The number of carbonyl (C=O) groups is 2. The van der Waals surface area contributed by atoms with E-state index in [-0.39, 0.29) is 16.9 Å². The average Bonchev–Trinajstić information content (AvgIpc) is 2.71. The highest BCUT2D eigenvalue weighted by molar-refractivity contribution is 9.10. The van der Waals surface area contributed by atoms with E-state index in [1.54, 1.807) is 24.3 Å². The van der Waals surface area contributed by atoms with Crippen molar-refractivity contribution in [3.8, 4) is 11.5 Å². The van der Waals surface area contributed by atoms with Gasteiger partial charge in [-0.05, 0) is 52.3 Å². The molecule has 0 fully saturated rings. The number of rotatable bonds is 2. The molecule has 1 heterocycles. The van der Waals surface area contributed by atoms with Crippen LogP contribution in [0.25, 0.3) is 0 Å². The molecule has 3 rings (SSSR count). The minimum Gasteiger partial charge on any atom is -0.508 e. The summed E-state index contributed by atoms with van der Waals surface area (Å²) >= 11 is 3.21. The first-order valence-corrected chi connectivity index (χ1v) is 6.87.